The number of halogens is 1. The SMILES string of the molecule is O=C1N(CCc2ccccc2)C=CC2(CCN(Cc3ccc(Cl)cc3)CC2)N1CC1CC1. The molecule has 5 heteroatoms. The van der Waals surface area contributed by atoms with E-state index in [9.17, 15) is 4.79 Å². The highest BCUT2D eigenvalue weighted by atomic mass is 35.5. The molecule has 1 saturated heterocycles. The molecule has 0 unspecified atom stereocenters. The molecular weight excluding hydrogens is 418 g/mol. The van der Waals surface area contributed by atoms with Crippen LogP contribution in [0.3, 0.4) is 0 Å². The predicted octanol–water partition coefficient (Wildman–Crippen LogP) is 5.58. The van der Waals surface area contributed by atoms with E-state index in [1.165, 1.54) is 24.0 Å². The summed E-state index contributed by atoms with van der Waals surface area (Å²) < 4.78 is 0. The van der Waals surface area contributed by atoms with Crippen molar-refractivity contribution >= 4 is 17.6 Å². The fourth-order valence-electron chi connectivity index (χ4n) is 4.99. The molecule has 0 radical (unpaired) electrons. The summed E-state index contributed by atoms with van der Waals surface area (Å²) in [6.45, 7) is 4.59. The van der Waals surface area contributed by atoms with Gasteiger partial charge >= 0.3 is 6.03 Å². The second-order valence-electron chi connectivity index (χ2n) is 9.59. The Morgan fingerprint density at radius 1 is 0.938 bits per heavy atom. The van der Waals surface area contributed by atoms with Gasteiger partial charge in [0, 0.05) is 43.9 Å². The third-order valence-corrected chi connectivity index (χ3v) is 7.49. The van der Waals surface area contributed by atoms with Crippen molar-refractivity contribution in [2.45, 2.75) is 44.2 Å². The van der Waals surface area contributed by atoms with E-state index in [-0.39, 0.29) is 11.6 Å². The molecule has 0 bridgehead atoms. The minimum Gasteiger partial charge on any atom is -0.315 e. The van der Waals surface area contributed by atoms with Crippen molar-refractivity contribution in [1.82, 2.24) is 14.7 Å². The molecule has 4 nitrogen and oxygen atoms in total. The third-order valence-electron chi connectivity index (χ3n) is 7.24. The average Bonchev–Trinajstić information content (AvgIpc) is 3.64. The molecule has 1 spiro atoms. The molecule has 2 heterocycles. The van der Waals surface area contributed by atoms with Gasteiger partial charge in [-0.3, -0.25) is 4.90 Å². The van der Waals surface area contributed by atoms with Crippen LogP contribution in [0, 0.1) is 5.92 Å². The molecule has 2 amide bonds. The Balaban J connectivity index is 1.26. The molecule has 32 heavy (non-hydrogen) atoms. The van der Waals surface area contributed by atoms with Crippen LogP contribution in [0.2, 0.25) is 5.02 Å². The van der Waals surface area contributed by atoms with E-state index in [0.717, 1.165) is 57.0 Å². The van der Waals surface area contributed by atoms with Crippen molar-refractivity contribution in [2.24, 2.45) is 5.92 Å². The highest BCUT2D eigenvalue weighted by Gasteiger charge is 2.45. The largest absolute Gasteiger partial charge is 0.324 e. The number of urea groups is 1. The molecule has 2 aliphatic heterocycles. The topological polar surface area (TPSA) is 26.8 Å². The van der Waals surface area contributed by atoms with Gasteiger partial charge in [0.25, 0.3) is 0 Å². The summed E-state index contributed by atoms with van der Waals surface area (Å²) in [7, 11) is 0. The fraction of sp³-hybridized carbons (Fsp3) is 0.444. The van der Waals surface area contributed by atoms with Crippen molar-refractivity contribution in [1.29, 1.82) is 0 Å². The molecule has 2 aromatic rings. The minimum atomic E-state index is -0.126. The van der Waals surface area contributed by atoms with Crippen molar-refractivity contribution in [2.75, 3.05) is 26.2 Å². The van der Waals surface area contributed by atoms with Crippen molar-refractivity contribution in [3.8, 4) is 0 Å². The molecule has 0 atom stereocenters. The maximum Gasteiger partial charge on any atom is 0.324 e. The van der Waals surface area contributed by atoms with Crippen LogP contribution in [0.4, 0.5) is 4.79 Å². The molecule has 1 aliphatic carbocycles. The smallest absolute Gasteiger partial charge is 0.315 e. The first-order valence-electron chi connectivity index (χ1n) is 11.9. The van der Waals surface area contributed by atoms with E-state index in [1.807, 2.05) is 23.1 Å². The fourth-order valence-corrected chi connectivity index (χ4v) is 5.12. The van der Waals surface area contributed by atoms with Gasteiger partial charge in [-0.15, -0.1) is 0 Å². The van der Waals surface area contributed by atoms with E-state index >= 15 is 0 Å². The molecule has 0 aromatic heterocycles. The van der Waals surface area contributed by atoms with Crippen molar-refractivity contribution < 1.29 is 4.79 Å². The zero-order chi connectivity index (χ0) is 22.0. The lowest BCUT2D eigenvalue weighted by atomic mass is 9.84. The Hall–Kier alpha value is -2.30. The normalized spacial score (nSPS) is 20.8. The molecule has 2 fully saturated rings. The summed E-state index contributed by atoms with van der Waals surface area (Å²) in [4.78, 5) is 20.2. The van der Waals surface area contributed by atoms with Gasteiger partial charge in [-0.2, -0.15) is 0 Å². The summed E-state index contributed by atoms with van der Waals surface area (Å²) in [6.07, 6.45) is 9.82. The van der Waals surface area contributed by atoms with Gasteiger partial charge in [0.2, 0.25) is 0 Å². The van der Waals surface area contributed by atoms with Crippen LogP contribution < -0.4 is 0 Å². The zero-order valence-electron chi connectivity index (χ0n) is 18.6. The van der Waals surface area contributed by atoms with Crippen molar-refractivity contribution in [3.05, 3.63) is 83.0 Å². The molecule has 5 rings (SSSR count). The maximum absolute atomic E-state index is 13.6. The van der Waals surface area contributed by atoms with Gasteiger partial charge in [0.05, 0.1) is 5.54 Å². The molecule has 3 aliphatic rings. The quantitative estimate of drug-likeness (QED) is 0.551. The average molecular weight is 450 g/mol. The number of rotatable bonds is 7. The second kappa shape index (κ2) is 9.29. The van der Waals surface area contributed by atoms with E-state index < -0.39 is 0 Å². The number of amides is 2. The molecule has 2 aromatic carbocycles. The van der Waals surface area contributed by atoms with Crippen molar-refractivity contribution in [3.63, 3.8) is 0 Å². The first kappa shape index (κ1) is 21.5. The van der Waals surface area contributed by atoms with Gasteiger partial charge in [-0.05, 0) is 67.4 Å². The summed E-state index contributed by atoms with van der Waals surface area (Å²) >= 11 is 6.03. The first-order chi connectivity index (χ1) is 15.6. The molecule has 0 N–H and O–H groups in total. The lowest BCUT2D eigenvalue weighted by Gasteiger charge is -2.50. The second-order valence-corrected chi connectivity index (χ2v) is 10.0. The van der Waals surface area contributed by atoms with E-state index in [1.54, 1.807) is 0 Å². The lowest BCUT2D eigenvalue weighted by Crippen LogP contribution is -2.61. The Morgan fingerprint density at radius 3 is 2.34 bits per heavy atom. The van der Waals surface area contributed by atoms with Gasteiger partial charge in [-0.1, -0.05) is 54.1 Å². The van der Waals surface area contributed by atoms with Crippen LogP contribution in [0.25, 0.3) is 0 Å². The van der Waals surface area contributed by atoms with Crippen LogP contribution in [-0.4, -0.2) is 52.4 Å². The highest BCUT2D eigenvalue weighted by molar-refractivity contribution is 6.30. The number of hydrogen-bond donors (Lipinski definition) is 0. The van der Waals surface area contributed by atoms with Gasteiger partial charge in [0.1, 0.15) is 0 Å². The number of carbonyl (C=O) groups is 1. The number of nitrogens with zero attached hydrogens (tertiary/aromatic N) is 3. The number of likely N-dealkylation sites (tertiary alicyclic amines) is 1. The zero-order valence-corrected chi connectivity index (χ0v) is 19.4. The van der Waals surface area contributed by atoms with Gasteiger partial charge < -0.3 is 9.80 Å². The summed E-state index contributed by atoms with van der Waals surface area (Å²) in [5.41, 5.74) is 2.44. The van der Waals surface area contributed by atoms with Crippen LogP contribution in [0.5, 0.6) is 0 Å². The Morgan fingerprint density at radius 2 is 1.66 bits per heavy atom. The predicted molar refractivity (Wildman–Crippen MR) is 130 cm³/mol. The van der Waals surface area contributed by atoms with E-state index in [2.05, 4.69) is 58.5 Å². The summed E-state index contributed by atoms with van der Waals surface area (Å²) in [6, 6.07) is 18.8. The monoisotopic (exact) mass is 449 g/mol. The lowest BCUT2D eigenvalue weighted by molar-refractivity contribution is 0.0513. The van der Waals surface area contributed by atoms with Gasteiger partial charge in [0.15, 0.2) is 0 Å². The summed E-state index contributed by atoms with van der Waals surface area (Å²) in [5, 5.41) is 0.782. The first-order valence-corrected chi connectivity index (χ1v) is 12.3. The van der Waals surface area contributed by atoms with E-state index in [0.29, 0.717) is 5.92 Å². The standard InChI is InChI=1S/C27H32ClN3O/c28-25-10-8-23(9-11-25)20-29-17-13-27(14-18-29)15-19-30(16-12-22-4-2-1-3-5-22)26(32)31(27)21-24-6-7-24/h1-5,8-11,15,19,24H,6-7,12-14,16-18,20-21H2. The Kier molecular flexibility index (Phi) is 6.25. The molecular formula is C27H32ClN3O. The highest BCUT2D eigenvalue weighted by Crippen LogP contribution is 2.39. The Bertz CT molecular complexity index is 947. The van der Waals surface area contributed by atoms with Crippen LogP contribution in [-0.2, 0) is 13.0 Å². The third kappa shape index (κ3) is 4.87. The van der Waals surface area contributed by atoms with Crippen LogP contribution >= 0.6 is 11.6 Å². The number of piperidine rings is 1. The Labute approximate surface area is 196 Å². The van der Waals surface area contributed by atoms with Crippen LogP contribution in [0.15, 0.2) is 66.9 Å². The minimum absolute atomic E-state index is 0.126. The van der Waals surface area contributed by atoms with Crippen LogP contribution in [0.1, 0.15) is 36.8 Å². The number of carbonyl (C=O) groups excluding carboxylic acids is 1. The van der Waals surface area contributed by atoms with Gasteiger partial charge in [-0.25, -0.2) is 4.79 Å². The summed E-state index contributed by atoms with van der Waals surface area (Å²) in [5.74, 6) is 0.686. The number of benzene rings is 2. The maximum atomic E-state index is 13.6. The molecule has 1 saturated carbocycles. The van der Waals surface area contributed by atoms with E-state index in [4.69, 9.17) is 11.6 Å². The number of hydrogen-bond acceptors (Lipinski definition) is 2. The molecule has 168 valence electrons.